The van der Waals surface area contributed by atoms with Crippen LogP contribution < -0.4 is 14.8 Å². The first kappa shape index (κ1) is 15.7. The van der Waals surface area contributed by atoms with Crippen molar-refractivity contribution in [3.63, 3.8) is 0 Å². The number of nitrogens with one attached hydrogen (secondary N) is 1. The Kier molecular flexibility index (Phi) is 4.72. The largest absolute Gasteiger partial charge is 0.496 e. The van der Waals surface area contributed by atoms with Gasteiger partial charge < -0.3 is 14.8 Å². The molecule has 1 aliphatic carbocycles. The highest BCUT2D eigenvalue weighted by Gasteiger charge is 2.24. The maximum Gasteiger partial charge on any atom is 0.251 e. The molecule has 0 spiro atoms. The van der Waals surface area contributed by atoms with Crippen molar-refractivity contribution >= 4 is 17.5 Å². The number of hydrogen-bond acceptors (Lipinski definition) is 3. The molecule has 1 saturated carbocycles. The Hall–Kier alpha value is -2.20. The first-order valence-corrected chi connectivity index (χ1v) is 7.89. The van der Waals surface area contributed by atoms with Crippen molar-refractivity contribution in [1.29, 1.82) is 0 Å². The number of carbonyl (C=O) groups excluding carboxylic acids is 1. The number of benzene rings is 2. The van der Waals surface area contributed by atoms with E-state index in [1.807, 2.05) is 6.07 Å². The summed E-state index contributed by atoms with van der Waals surface area (Å²) in [5, 5.41) is 3.64. The van der Waals surface area contributed by atoms with Crippen LogP contribution in [0.4, 0.5) is 0 Å². The minimum Gasteiger partial charge on any atom is -0.496 e. The SMILES string of the molecule is COc1ccc(C(=O)NC2CC2)cc1COc1ccc(Cl)cc1. The number of halogens is 1. The molecule has 5 heteroatoms. The van der Waals surface area contributed by atoms with Gasteiger partial charge in [0.05, 0.1) is 7.11 Å². The molecule has 3 rings (SSSR count). The van der Waals surface area contributed by atoms with Crippen LogP contribution in [-0.2, 0) is 6.61 Å². The lowest BCUT2D eigenvalue weighted by Gasteiger charge is -2.12. The molecule has 0 aromatic heterocycles. The molecule has 23 heavy (non-hydrogen) atoms. The quantitative estimate of drug-likeness (QED) is 0.875. The van der Waals surface area contributed by atoms with Crippen LogP contribution in [0.25, 0.3) is 0 Å². The summed E-state index contributed by atoms with van der Waals surface area (Å²) in [6.45, 7) is 0.315. The Morgan fingerprint density at radius 3 is 2.61 bits per heavy atom. The van der Waals surface area contributed by atoms with Crippen LogP contribution >= 0.6 is 11.6 Å². The van der Waals surface area contributed by atoms with Gasteiger partial charge in [-0.15, -0.1) is 0 Å². The number of hydrogen-bond donors (Lipinski definition) is 1. The summed E-state index contributed by atoms with van der Waals surface area (Å²) in [7, 11) is 1.60. The van der Waals surface area contributed by atoms with Gasteiger partial charge in [0.25, 0.3) is 5.91 Å². The van der Waals surface area contributed by atoms with Crippen molar-refractivity contribution in [1.82, 2.24) is 5.32 Å². The molecular formula is C18H18ClNO3. The van der Waals surface area contributed by atoms with Crippen LogP contribution in [0.15, 0.2) is 42.5 Å². The van der Waals surface area contributed by atoms with Crippen molar-refractivity contribution in [2.24, 2.45) is 0 Å². The fraction of sp³-hybridized carbons (Fsp3) is 0.278. The Morgan fingerprint density at radius 2 is 1.96 bits per heavy atom. The normalized spacial score (nSPS) is 13.5. The summed E-state index contributed by atoms with van der Waals surface area (Å²) in [4.78, 5) is 12.2. The smallest absolute Gasteiger partial charge is 0.251 e. The van der Waals surface area contributed by atoms with Gasteiger partial charge >= 0.3 is 0 Å². The average Bonchev–Trinajstić information content (AvgIpc) is 3.38. The molecule has 1 amide bonds. The number of methoxy groups -OCH3 is 1. The molecule has 2 aromatic carbocycles. The Morgan fingerprint density at radius 1 is 1.22 bits per heavy atom. The third-order valence-electron chi connectivity index (χ3n) is 3.66. The van der Waals surface area contributed by atoms with E-state index in [2.05, 4.69) is 5.32 Å². The average molecular weight is 332 g/mol. The van der Waals surface area contributed by atoms with E-state index >= 15 is 0 Å². The van der Waals surface area contributed by atoms with Gasteiger partial charge in [-0.3, -0.25) is 4.79 Å². The minimum absolute atomic E-state index is 0.0529. The maximum absolute atomic E-state index is 12.2. The summed E-state index contributed by atoms with van der Waals surface area (Å²) in [5.74, 6) is 1.36. The number of amides is 1. The van der Waals surface area contributed by atoms with E-state index in [1.165, 1.54) is 0 Å². The molecule has 1 N–H and O–H groups in total. The summed E-state index contributed by atoms with van der Waals surface area (Å²) < 4.78 is 11.1. The van der Waals surface area contributed by atoms with Crippen LogP contribution in [0, 0.1) is 0 Å². The van der Waals surface area contributed by atoms with Gasteiger partial charge in [0.15, 0.2) is 0 Å². The lowest BCUT2D eigenvalue weighted by Crippen LogP contribution is -2.25. The van der Waals surface area contributed by atoms with Gasteiger partial charge in [-0.05, 0) is 55.3 Å². The summed E-state index contributed by atoms with van der Waals surface area (Å²) in [5.41, 5.74) is 1.44. The van der Waals surface area contributed by atoms with Crippen molar-refractivity contribution in [2.45, 2.75) is 25.5 Å². The van der Waals surface area contributed by atoms with E-state index in [1.54, 1.807) is 43.5 Å². The first-order valence-electron chi connectivity index (χ1n) is 7.52. The van der Waals surface area contributed by atoms with Crippen molar-refractivity contribution in [3.8, 4) is 11.5 Å². The summed E-state index contributed by atoms with van der Waals surface area (Å²) in [6, 6.07) is 12.9. The van der Waals surface area contributed by atoms with Gasteiger partial charge in [0, 0.05) is 22.2 Å². The number of rotatable bonds is 6. The molecule has 0 aliphatic heterocycles. The Balaban J connectivity index is 1.72. The predicted octanol–water partition coefficient (Wildman–Crippen LogP) is 3.82. The predicted molar refractivity (Wildman–Crippen MR) is 89.3 cm³/mol. The number of carbonyl (C=O) groups is 1. The molecular weight excluding hydrogens is 314 g/mol. The zero-order valence-electron chi connectivity index (χ0n) is 12.8. The molecule has 0 unspecified atom stereocenters. The first-order chi connectivity index (χ1) is 11.2. The van der Waals surface area contributed by atoms with E-state index in [0.717, 1.165) is 18.4 Å². The van der Waals surface area contributed by atoms with Crippen LogP contribution in [0.2, 0.25) is 5.02 Å². The van der Waals surface area contributed by atoms with E-state index in [-0.39, 0.29) is 5.91 Å². The highest BCUT2D eigenvalue weighted by Crippen LogP contribution is 2.24. The molecule has 0 saturated heterocycles. The molecule has 1 fully saturated rings. The standard InChI is InChI=1S/C18H18ClNO3/c1-22-17-9-2-12(18(21)20-15-5-6-15)10-13(17)11-23-16-7-3-14(19)4-8-16/h2-4,7-10,15H,5-6,11H2,1H3,(H,20,21). The highest BCUT2D eigenvalue weighted by molar-refractivity contribution is 6.30. The second-order valence-electron chi connectivity index (χ2n) is 5.52. The molecule has 0 radical (unpaired) electrons. The van der Waals surface area contributed by atoms with Gasteiger partial charge in [0.1, 0.15) is 18.1 Å². The van der Waals surface area contributed by atoms with Crippen LogP contribution in [0.5, 0.6) is 11.5 Å². The lowest BCUT2D eigenvalue weighted by molar-refractivity contribution is 0.0951. The molecule has 1 aliphatic rings. The third kappa shape index (κ3) is 4.17. The zero-order chi connectivity index (χ0) is 16.2. The zero-order valence-corrected chi connectivity index (χ0v) is 13.6. The van der Waals surface area contributed by atoms with Crippen molar-refractivity contribution < 1.29 is 14.3 Å². The van der Waals surface area contributed by atoms with E-state index < -0.39 is 0 Å². The van der Waals surface area contributed by atoms with Crippen LogP contribution in [0.3, 0.4) is 0 Å². The molecule has 0 bridgehead atoms. The lowest BCUT2D eigenvalue weighted by atomic mass is 10.1. The highest BCUT2D eigenvalue weighted by atomic mass is 35.5. The summed E-state index contributed by atoms with van der Waals surface area (Å²) in [6.07, 6.45) is 2.13. The Labute approximate surface area is 140 Å². The number of ether oxygens (including phenoxy) is 2. The summed E-state index contributed by atoms with van der Waals surface area (Å²) >= 11 is 5.86. The van der Waals surface area contributed by atoms with Gasteiger partial charge in [0.2, 0.25) is 0 Å². The molecule has 0 heterocycles. The van der Waals surface area contributed by atoms with Gasteiger partial charge in [-0.1, -0.05) is 11.6 Å². The molecule has 4 nitrogen and oxygen atoms in total. The minimum atomic E-state index is -0.0529. The van der Waals surface area contributed by atoms with E-state index in [4.69, 9.17) is 21.1 Å². The monoisotopic (exact) mass is 331 g/mol. The van der Waals surface area contributed by atoms with E-state index in [9.17, 15) is 4.79 Å². The van der Waals surface area contributed by atoms with Crippen LogP contribution in [-0.4, -0.2) is 19.1 Å². The second kappa shape index (κ2) is 6.92. The maximum atomic E-state index is 12.2. The molecule has 120 valence electrons. The van der Waals surface area contributed by atoms with E-state index in [0.29, 0.717) is 34.7 Å². The third-order valence-corrected chi connectivity index (χ3v) is 3.92. The van der Waals surface area contributed by atoms with Gasteiger partial charge in [-0.2, -0.15) is 0 Å². The van der Waals surface area contributed by atoms with Crippen molar-refractivity contribution in [3.05, 3.63) is 58.6 Å². The molecule has 0 atom stereocenters. The fourth-order valence-corrected chi connectivity index (χ4v) is 2.35. The molecule has 2 aromatic rings. The second-order valence-corrected chi connectivity index (χ2v) is 5.95. The fourth-order valence-electron chi connectivity index (χ4n) is 2.22. The van der Waals surface area contributed by atoms with Crippen molar-refractivity contribution in [2.75, 3.05) is 7.11 Å². The Bertz CT molecular complexity index is 696. The topological polar surface area (TPSA) is 47.6 Å². The van der Waals surface area contributed by atoms with Crippen LogP contribution in [0.1, 0.15) is 28.8 Å². The van der Waals surface area contributed by atoms with Gasteiger partial charge in [-0.25, -0.2) is 0 Å².